The van der Waals surface area contributed by atoms with Gasteiger partial charge in [0.05, 0.1) is 11.4 Å². The number of nitrogen functional groups attached to an aromatic ring is 1. The molecule has 4 rings (SSSR count). The summed E-state index contributed by atoms with van der Waals surface area (Å²) in [6, 6.07) is 15.6. The van der Waals surface area contributed by atoms with Gasteiger partial charge < -0.3 is 11.1 Å². The van der Waals surface area contributed by atoms with Crippen LogP contribution in [0, 0.1) is 0 Å². The zero-order chi connectivity index (χ0) is 17.1. The first-order valence-corrected chi connectivity index (χ1v) is 8.61. The monoisotopic (exact) mass is 345 g/mol. The Labute approximate surface area is 149 Å². The second kappa shape index (κ2) is 6.70. The summed E-state index contributed by atoms with van der Waals surface area (Å²) in [6.07, 6.45) is 5.30. The van der Waals surface area contributed by atoms with Gasteiger partial charge in [-0.15, -0.1) is 11.3 Å². The molecule has 3 N–H and O–H groups in total. The summed E-state index contributed by atoms with van der Waals surface area (Å²) in [5.41, 5.74) is 10.5. The van der Waals surface area contributed by atoms with Gasteiger partial charge in [0.25, 0.3) is 0 Å². The predicted octanol–water partition coefficient (Wildman–Crippen LogP) is 4.59. The summed E-state index contributed by atoms with van der Waals surface area (Å²) in [7, 11) is 0. The number of anilines is 3. The van der Waals surface area contributed by atoms with Crippen molar-refractivity contribution in [1.29, 1.82) is 0 Å². The van der Waals surface area contributed by atoms with Crippen molar-refractivity contribution >= 4 is 28.5 Å². The minimum atomic E-state index is 0.612. The molecule has 0 saturated carbocycles. The number of nitrogens with zero attached hydrogens (tertiary/aromatic N) is 3. The van der Waals surface area contributed by atoms with Crippen molar-refractivity contribution in [2.75, 3.05) is 11.1 Å². The van der Waals surface area contributed by atoms with Crippen LogP contribution in [0.3, 0.4) is 0 Å². The molecule has 3 aromatic heterocycles. The van der Waals surface area contributed by atoms with E-state index in [-0.39, 0.29) is 0 Å². The maximum absolute atomic E-state index is 5.94. The molecule has 0 aliphatic heterocycles. The normalized spacial score (nSPS) is 10.6. The Morgan fingerprint density at radius 2 is 1.84 bits per heavy atom. The SMILES string of the molecule is Nc1cccnc1Nc1cccc(-c2csc(-c3cccnc3)n2)c1. The zero-order valence-electron chi connectivity index (χ0n) is 13.3. The zero-order valence-corrected chi connectivity index (χ0v) is 14.1. The molecule has 4 aromatic rings. The summed E-state index contributed by atoms with van der Waals surface area (Å²) < 4.78 is 0. The van der Waals surface area contributed by atoms with Gasteiger partial charge in [-0.2, -0.15) is 0 Å². The van der Waals surface area contributed by atoms with E-state index in [0.717, 1.165) is 27.5 Å². The first-order chi connectivity index (χ1) is 12.3. The van der Waals surface area contributed by atoms with E-state index in [9.17, 15) is 0 Å². The Morgan fingerprint density at radius 1 is 0.960 bits per heavy atom. The van der Waals surface area contributed by atoms with Gasteiger partial charge in [0.2, 0.25) is 0 Å². The van der Waals surface area contributed by atoms with Crippen molar-refractivity contribution in [1.82, 2.24) is 15.0 Å². The number of pyridine rings is 2. The summed E-state index contributed by atoms with van der Waals surface area (Å²) >= 11 is 1.61. The van der Waals surface area contributed by atoms with Gasteiger partial charge in [-0.1, -0.05) is 12.1 Å². The number of benzene rings is 1. The molecule has 0 aliphatic rings. The van der Waals surface area contributed by atoms with E-state index in [2.05, 4.69) is 20.7 Å². The Balaban J connectivity index is 1.62. The third kappa shape index (κ3) is 3.34. The third-order valence-corrected chi connectivity index (χ3v) is 4.56. The van der Waals surface area contributed by atoms with Crippen LogP contribution in [0.4, 0.5) is 17.2 Å². The standard InChI is InChI=1S/C19H15N5S/c20-16-7-3-9-22-18(16)23-15-6-1-4-13(10-15)17-12-25-19(24-17)14-5-2-8-21-11-14/h1-12H,20H2,(H,22,23). The Morgan fingerprint density at radius 3 is 2.68 bits per heavy atom. The molecule has 0 bridgehead atoms. The largest absolute Gasteiger partial charge is 0.396 e. The average molecular weight is 345 g/mol. The lowest BCUT2D eigenvalue weighted by Crippen LogP contribution is -1.98. The first kappa shape index (κ1) is 15.3. The minimum absolute atomic E-state index is 0.612. The maximum Gasteiger partial charge on any atom is 0.153 e. The topological polar surface area (TPSA) is 76.7 Å². The molecule has 6 heteroatoms. The van der Waals surface area contributed by atoms with E-state index in [0.29, 0.717) is 11.5 Å². The summed E-state index contributed by atoms with van der Waals surface area (Å²) in [5.74, 6) is 0.647. The van der Waals surface area contributed by atoms with Crippen LogP contribution in [0.25, 0.3) is 21.8 Å². The van der Waals surface area contributed by atoms with E-state index >= 15 is 0 Å². The fourth-order valence-corrected chi connectivity index (χ4v) is 3.26. The highest BCUT2D eigenvalue weighted by molar-refractivity contribution is 7.13. The Kier molecular flexibility index (Phi) is 4.10. The van der Waals surface area contributed by atoms with Gasteiger partial charge in [-0.25, -0.2) is 9.97 Å². The number of nitrogens with two attached hydrogens (primary N) is 1. The Hall–Kier alpha value is -3.25. The van der Waals surface area contributed by atoms with Crippen LogP contribution in [0.15, 0.2) is 72.5 Å². The average Bonchev–Trinajstić information content (AvgIpc) is 3.15. The molecule has 0 radical (unpaired) electrons. The van der Waals surface area contributed by atoms with Crippen molar-refractivity contribution in [3.8, 4) is 21.8 Å². The van der Waals surface area contributed by atoms with E-state index in [1.165, 1.54) is 0 Å². The van der Waals surface area contributed by atoms with Crippen molar-refractivity contribution < 1.29 is 0 Å². The number of nitrogens with one attached hydrogen (secondary N) is 1. The van der Waals surface area contributed by atoms with Crippen LogP contribution in [0.1, 0.15) is 0 Å². The molecule has 0 spiro atoms. The van der Waals surface area contributed by atoms with E-state index < -0.39 is 0 Å². The summed E-state index contributed by atoms with van der Waals surface area (Å²) in [4.78, 5) is 13.1. The molecule has 0 amide bonds. The van der Waals surface area contributed by atoms with Crippen LogP contribution in [0.5, 0.6) is 0 Å². The van der Waals surface area contributed by atoms with Gasteiger partial charge in [-0.05, 0) is 36.4 Å². The van der Waals surface area contributed by atoms with Gasteiger partial charge in [0, 0.05) is 40.8 Å². The van der Waals surface area contributed by atoms with Crippen molar-refractivity contribution in [2.45, 2.75) is 0 Å². The fraction of sp³-hybridized carbons (Fsp3) is 0. The molecule has 0 unspecified atom stereocenters. The molecule has 25 heavy (non-hydrogen) atoms. The molecular formula is C19H15N5S. The van der Waals surface area contributed by atoms with Crippen LogP contribution in [-0.2, 0) is 0 Å². The fourth-order valence-electron chi connectivity index (χ4n) is 2.44. The van der Waals surface area contributed by atoms with Crippen LogP contribution in [0.2, 0.25) is 0 Å². The number of hydrogen-bond acceptors (Lipinski definition) is 6. The molecular weight excluding hydrogens is 330 g/mol. The molecule has 0 saturated heterocycles. The van der Waals surface area contributed by atoms with Crippen LogP contribution in [-0.4, -0.2) is 15.0 Å². The first-order valence-electron chi connectivity index (χ1n) is 7.73. The lowest BCUT2D eigenvalue weighted by molar-refractivity contribution is 1.31. The quantitative estimate of drug-likeness (QED) is 0.565. The van der Waals surface area contributed by atoms with Crippen LogP contribution < -0.4 is 11.1 Å². The molecule has 3 heterocycles. The molecule has 5 nitrogen and oxygen atoms in total. The maximum atomic E-state index is 5.94. The molecule has 1 aromatic carbocycles. The van der Waals surface area contributed by atoms with Crippen molar-refractivity contribution in [2.24, 2.45) is 0 Å². The molecule has 0 aliphatic carbocycles. The lowest BCUT2D eigenvalue weighted by Gasteiger charge is -2.08. The number of rotatable bonds is 4. The van der Waals surface area contributed by atoms with Crippen LogP contribution >= 0.6 is 11.3 Å². The van der Waals surface area contributed by atoms with Crippen molar-refractivity contribution in [3.63, 3.8) is 0 Å². The molecule has 0 fully saturated rings. The molecule has 0 atom stereocenters. The Bertz CT molecular complexity index is 997. The minimum Gasteiger partial charge on any atom is -0.396 e. The van der Waals surface area contributed by atoms with Gasteiger partial charge in [0.15, 0.2) is 5.82 Å². The van der Waals surface area contributed by atoms with E-state index in [4.69, 9.17) is 10.7 Å². The van der Waals surface area contributed by atoms with Gasteiger partial charge >= 0.3 is 0 Å². The molecule has 122 valence electrons. The van der Waals surface area contributed by atoms with Crippen molar-refractivity contribution in [3.05, 3.63) is 72.5 Å². The number of aromatic nitrogens is 3. The lowest BCUT2D eigenvalue weighted by atomic mass is 10.1. The van der Waals surface area contributed by atoms with E-state index in [1.807, 2.05) is 54.7 Å². The second-order valence-electron chi connectivity index (χ2n) is 5.43. The number of thiazole rings is 1. The highest BCUT2D eigenvalue weighted by Crippen LogP contribution is 2.30. The smallest absolute Gasteiger partial charge is 0.153 e. The van der Waals surface area contributed by atoms with E-state index in [1.54, 1.807) is 23.7 Å². The van der Waals surface area contributed by atoms with Gasteiger partial charge in [-0.3, -0.25) is 4.98 Å². The summed E-state index contributed by atoms with van der Waals surface area (Å²) in [5, 5.41) is 6.26. The third-order valence-electron chi connectivity index (χ3n) is 3.67. The van der Waals surface area contributed by atoms with Gasteiger partial charge in [0.1, 0.15) is 5.01 Å². The highest BCUT2D eigenvalue weighted by Gasteiger charge is 2.08. The number of hydrogen-bond donors (Lipinski definition) is 2. The highest BCUT2D eigenvalue weighted by atomic mass is 32.1. The summed E-state index contributed by atoms with van der Waals surface area (Å²) in [6.45, 7) is 0. The predicted molar refractivity (Wildman–Crippen MR) is 103 cm³/mol. The second-order valence-corrected chi connectivity index (χ2v) is 6.28.